The lowest BCUT2D eigenvalue weighted by Gasteiger charge is -2.03. The fourth-order valence-corrected chi connectivity index (χ4v) is 2.65. The lowest BCUT2D eigenvalue weighted by Crippen LogP contribution is -1.93. The number of hydrogen-bond donors (Lipinski definition) is 2. The summed E-state index contributed by atoms with van der Waals surface area (Å²) in [7, 11) is 0. The third-order valence-electron chi connectivity index (χ3n) is 3.99. The van der Waals surface area contributed by atoms with Crippen molar-refractivity contribution < 1.29 is 9.90 Å². The molecular formula is C19H38N2O2. The minimum Gasteiger partial charge on any atom is -0.481 e. The molecule has 4 nitrogen and oxygen atoms in total. The predicted molar refractivity (Wildman–Crippen MR) is 97.0 cm³/mol. The number of nitrogens with two attached hydrogens (primary N) is 1. The molecule has 0 aliphatic carbocycles. The minimum atomic E-state index is -0.653. The molecule has 0 fully saturated rings. The average molecular weight is 327 g/mol. The maximum absolute atomic E-state index is 10.3. The summed E-state index contributed by atoms with van der Waals surface area (Å²) < 4.78 is 0. The summed E-state index contributed by atoms with van der Waals surface area (Å²) in [6.07, 6.45) is 21.4. The van der Waals surface area contributed by atoms with Crippen LogP contribution in [0.5, 0.6) is 0 Å². The molecule has 0 amide bonds. The quantitative estimate of drug-likeness (QED) is 0.214. The predicted octanol–water partition coefficient (Wildman–Crippen LogP) is 5.76. The number of carboxylic acid groups (broad SMARTS) is 1. The molecule has 0 radical (unpaired) electrons. The molecule has 0 aliphatic heterocycles. The summed E-state index contributed by atoms with van der Waals surface area (Å²) in [5.41, 5.74) is 4.15. The molecule has 4 heteroatoms. The maximum atomic E-state index is 10.3. The van der Waals surface area contributed by atoms with Crippen LogP contribution in [0.25, 0.3) is 0 Å². The fourth-order valence-electron chi connectivity index (χ4n) is 2.65. The Labute approximate surface area is 143 Å². The zero-order chi connectivity index (χ0) is 17.6. The van der Waals surface area contributed by atoms with Crippen molar-refractivity contribution in [2.45, 2.75) is 110 Å². The Bertz CT molecular complexity index is 275. The highest BCUT2D eigenvalue weighted by Crippen LogP contribution is 2.13. The van der Waals surface area contributed by atoms with Gasteiger partial charge < -0.3 is 10.8 Å². The Kier molecular flexibility index (Phi) is 24.1. The first-order valence-electron chi connectivity index (χ1n) is 9.50. The summed E-state index contributed by atoms with van der Waals surface area (Å²) in [5.74, 6) is -0.653. The third-order valence-corrected chi connectivity index (χ3v) is 3.99. The van der Waals surface area contributed by atoms with Gasteiger partial charge in [-0.25, -0.2) is 0 Å². The highest BCUT2D eigenvalue weighted by Gasteiger charge is 1.97. The summed E-state index contributed by atoms with van der Waals surface area (Å²) in [5, 5.41) is 15.6. The van der Waals surface area contributed by atoms with Crippen molar-refractivity contribution >= 4 is 5.97 Å². The third kappa shape index (κ3) is 29.4. The van der Waals surface area contributed by atoms with E-state index in [4.69, 9.17) is 10.4 Å². The van der Waals surface area contributed by atoms with Crippen LogP contribution in [0.15, 0.2) is 0 Å². The van der Waals surface area contributed by atoms with Gasteiger partial charge in [0.1, 0.15) is 0 Å². The monoisotopic (exact) mass is 326 g/mol. The van der Waals surface area contributed by atoms with E-state index in [1.54, 1.807) is 0 Å². The number of carbonyl (C=O) groups is 1. The average Bonchev–Trinajstić information content (AvgIpc) is 2.51. The molecule has 0 bridgehead atoms. The Morgan fingerprint density at radius 3 is 1.30 bits per heavy atom. The van der Waals surface area contributed by atoms with Crippen LogP contribution in [0.2, 0.25) is 0 Å². The van der Waals surface area contributed by atoms with Gasteiger partial charge in [-0.15, -0.1) is 0 Å². The Balaban J connectivity index is 0. The van der Waals surface area contributed by atoms with Crippen molar-refractivity contribution in [3.8, 4) is 6.19 Å². The molecule has 0 aromatic rings. The van der Waals surface area contributed by atoms with Crippen molar-refractivity contribution in [2.24, 2.45) is 5.73 Å². The van der Waals surface area contributed by atoms with E-state index >= 15 is 0 Å². The topological polar surface area (TPSA) is 87.1 Å². The van der Waals surface area contributed by atoms with E-state index in [9.17, 15) is 4.79 Å². The van der Waals surface area contributed by atoms with Crippen molar-refractivity contribution in [3.63, 3.8) is 0 Å². The van der Waals surface area contributed by atoms with E-state index in [0.717, 1.165) is 12.8 Å². The molecule has 0 aromatic carbocycles. The van der Waals surface area contributed by atoms with Crippen molar-refractivity contribution in [3.05, 3.63) is 0 Å². The van der Waals surface area contributed by atoms with E-state index in [-0.39, 0.29) is 0 Å². The fraction of sp³-hybridized carbons (Fsp3) is 0.895. The highest BCUT2D eigenvalue weighted by atomic mass is 16.4. The molecule has 0 aromatic heterocycles. The molecule has 0 saturated carbocycles. The molecule has 0 unspecified atom stereocenters. The first kappa shape index (κ1) is 24.0. The number of rotatable bonds is 16. The number of nitriles is 1. The number of unbranched alkanes of at least 4 members (excludes halogenated alkanes) is 14. The van der Waals surface area contributed by atoms with Crippen LogP contribution in [0.1, 0.15) is 110 Å². The van der Waals surface area contributed by atoms with Gasteiger partial charge in [-0.05, 0) is 6.42 Å². The smallest absolute Gasteiger partial charge is 0.303 e. The maximum Gasteiger partial charge on any atom is 0.303 e. The highest BCUT2D eigenvalue weighted by molar-refractivity contribution is 5.66. The van der Waals surface area contributed by atoms with Gasteiger partial charge >= 0.3 is 5.97 Å². The Hall–Kier alpha value is -1.24. The SMILES string of the molecule is CCCCCCCCCCCCCCCCCC(=O)O.N#CN. The zero-order valence-corrected chi connectivity index (χ0v) is 15.2. The molecule has 0 saturated heterocycles. The molecule has 0 rings (SSSR count). The van der Waals surface area contributed by atoms with Crippen LogP contribution in [-0.2, 0) is 4.79 Å². The largest absolute Gasteiger partial charge is 0.481 e. The lowest BCUT2D eigenvalue weighted by atomic mass is 10.0. The summed E-state index contributed by atoms with van der Waals surface area (Å²) in [4.78, 5) is 10.3. The number of carboxylic acids is 1. The molecule has 0 spiro atoms. The second-order valence-corrected chi connectivity index (χ2v) is 6.22. The lowest BCUT2D eigenvalue weighted by molar-refractivity contribution is -0.137. The van der Waals surface area contributed by atoms with Gasteiger partial charge in [-0.1, -0.05) is 96.8 Å². The van der Waals surface area contributed by atoms with Crippen LogP contribution in [-0.4, -0.2) is 11.1 Å². The van der Waals surface area contributed by atoms with E-state index < -0.39 is 5.97 Å². The van der Waals surface area contributed by atoms with Gasteiger partial charge in [0.15, 0.2) is 6.19 Å². The van der Waals surface area contributed by atoms with Crippen molar-refractivity contribution in [1.82, 2.24) is 0 Å². The molecule has 0 atom stereocenters. The first-order valence-corrected chi connectivity index (χ1v) is 9.50. The Morgan fingerprint density at radius 1 is 0.783 bits per heavy atom. The van der Waals surface area contributed by atoms with Crippen molar-refractivity contribution in [2.75, 3.05) is 0 Å². The first-order chi connectivity index (χ1) is 11.2. The van der Waals surface area contributed by atoms with E-state index in [1.165, 1.54) is 89.7 Å². The van der Waals surface area contributed by atoms with Crippen LogP contribution in [0.4, 0.5) is 0 Å². The van der Waals surface area contributed by atoms with Gasteiger partial charge in [-0.3, -0.25) is 4.79 Å². The molecular weight excluding hydrogens is 288 g/mol. The number of nitrogens with zero attached hydrogens (tertiary/aromatic N) is 1. The van der Waals surface area contributed by atoms with Crippen LogP contribution >= 0.6 is 0 Å². The normalized spacial score (nSPS) is 9.74. The molecule has 0 aliphatic rings. The molecule has 3 N–H and O–H groups in total. The van der Waals surface area contributed by atoms with Gasteiger partial charge in [-0.2, -0.15) is 5.26 Å². The number of aliphatic carboxylic acids is 1. The van der Waals surface area contributed by atoms with E-state index in [2.05, 4.69) is 12.7 Å². The molecule has 0 heterocycles. The number of hydrogen-bond acceptors (Lipinski definition) is 3. The Morgan fingerprint density at radius 2 is 1.04 bits per heavy atom. The zero-order valence-electron chi connectivity index (χ0n) is 15.2. The van der Waals surface area contributed by atoms with E-state index in [0.29, 0.717) is 6.42 Å². The second kappa shape index (κ2) is 23.0. The van der Waals surface area contributed by atoms with Gasteiger partial charge in [0.2, 0.25) is 0 Å². The van der Waals surface area contributed by atoms with Gasteiger partial charge in [0.25, 0.3) is 0 Å². The van der Waals surface area contributed by atoms with Crippen LogP contribution < -0.4 is 5.73 Å². The summed E-state index contributed by atoms with van der Waals surface area (Å²) >= 11 is 0. The summed E-state index contributed by atoms with van der Waals surface area (Å²) in [6.45, 7) is 2.27. The standard InChI is InChI=1S/C18H36O2.CH2N2/c1-2-3-4-5-6-7-8-9-10-11-12-13-14-15-16-17-18(19)20;2-1-3/h2-17H2,1H3,(H,19,20);2H2. The van der Waals surface area contributed by atoms with Crippen LogP contribution in [0.3, 0.4) is 0 Å². The molecule has 136 valence electrons. The second-order valence-electron chi connectivity index (χ2n) is 6.22. The van der Waals surface area contributed by atoms with E-state index in [1.807, 2.05) is 0 Å². The van der Waals surface area contributed by atoms with Gasteiger partial charge in [0, 0.05) is 6.42 Å². The van der Waals surface area contributed by atoms with Crippen molar-refractivity contribution in [1.29, 1.82) is 5.26 Å². The molecule has 23 heavy (non-hydrogen) atoms. The summed E-state index contributed by atoms with van der Waals surface area (Å²) in [6, 6.07) is 0. The van der Waals surface area contributed by atoms with Gasteiger partial charge in [0.05, 0.1) is 0 Å². The van der Waals surface area contributed by atoms with Crippen LogP contribution in [0, 0.1) is 11.5 Å². The minimum absolute atomic E-state index is 0.345.